The molecule has 3 aromatic rings. The molecule has 0 N–H and O–H groups in total. The van der Waals surface area contributed by atoms with Crippen LogP contribution in [0.2, 0.25) is 0 Å². The molecule has 0 atom stereocenters. The molecule has 5 rings (SSSR count). The molecule has 1 amide bonds. The monoisotopic (exact) mass is 443 g/mol. The Morgan fingerprint density at radius 3 is 2.55 bits per heavy atom. The van der Waals surface area contributed by atoms with Gasteiger partial charge >= 0.3 is 11.8 Å². The number of aromatic nitrogens is 1. The maximum Gasteiger partial charge on any atom is 0.419 e. The van der Waals surface area contributed by atoms with Crippen LogP contribution in [0.25, 0.3) is 11.1 Å². The molecule has 0 saturated carbocycles. The predicted octanol–water partition coefficient (Wildman–Crippen LogP) is 2.44. The van der Waals surface area contributed by atoms with Gasteiger partial charge in [-0.05, 0) is 31.0 Å². The molecule has 2 aliphatic heterocycles. The van der Waals surface area contributed by atoms with Gasteiger partial charge in [0, 0.05) is 37.8 Å². The van der Waals surface area contributed by atoms with Gasteiger partial charge in [0.05, 0.1) is 16.1 Å². The van der Waals surface area contributed by atoms with Crippen molar-refractivity contribution in [3.05, 3.63) is 58.6 Å². The SMILES string of the molecule is Cn1c(=O)oc2cc(S(=O)(=O)N3CCC(N4C(=O)OCc5ccccc54)CC3)ccc21. The number of hydrogen-bond donors (Lipinski definition) is 0. The molecule has 2 aromatic carbocycles. The van der Waals surface area contributed by atoms with E-state index in [9.17, 15) is 18.0 Å². The quantitative estimate of drug-likeness (QED) is 0.616. The summed E-state index contributed by atoms with van der Waals surface area (Å²) in [5, 5.41) is 0. The number of piperidine rings is 1. The highest BCUT2D eigenvalue weighted by atomic mass is 32.2. The highest BCUT2D eigenvalue weighted by Gasteiger charge is 2.37. The lowest BCUT2D eigenvalue weighted by molar-refractivity contribution is 0.136. The van der Waals surface area contributed by atoms with E-state index < -0.39 is 21.9 Å². The maximum absolute atomic E-state index is 13.2. The van der Waals surface area contributed by atoms with Gasteiger partial charge in [-0.1, -0.05) is 18.2 Å². The minimum atomic E-state index is -3.76. The normalized spacial score (nSPS) is 18.2. The Labute approximate surface area is 178 Å². The summed E-state index contributed by atoms with van der Waals surface area (Å²) in [6.45, 7) is 0.794. The van der Waals surface area contributed by atoms with Crippen molar-refractivity contribution in [2.24, 2.45) is 7.05 Å². The molecule has 0 aliphatic carbocycles. The van der Waals surface area contributed by atoms with Crippen LogP contribution < -0.4 is 10.7 Å². The van der Waals surface area contributed by atoms with Gasteiger partial charge in [-0.25, -0.2) is 18.0 Å². The number of carbonyl (C=O) groups is 1. The first-order valence-corrected chi connectivity index (χ1v) is 11.4. The summed E-state index contributed by atoms with van der Waals surface area (Å²) >= 11 is 0. The van der Waals surface area contributed by atoms with Gasteiger partial charge < -0.3 is 9.15 Å². The second kappa shape index (κ2) is 7.24. The third kappa shape index (κ3) is 3.22. The van der Waals surface area contributed by atoms with E-state index in [0.29, 0.717) is 18.4 Å². The predicted molar refractivity (Wildman–Crippen MR) is 112 cm³/mol. The zero-order chi connectivity index (χ0) is 21.8. The Balaban J connectivity index is 1.37. The number of nitrogens with zero attached hydrogens (tertiary/aromatic N) is 3. The number of hydrogen-bond acceptors (Lipinski definition) is 6. The van der Waals surface area contributed by atoms with Gasteiger partial charge in [0.1, 0.15) is 6.61 Å². The second-order valence-electron chi connectivity index (χ2n) is 7.75. The number of sulfonamides is 1. The lowest BCUT2D eigenvalue weighted by Crippen LogP contribution is -2.50. The van der Waals surface area contributed by atoms with E-state index in [1.54, 1.807) is 18.0 Å². The molecule has 0 radical (unpaired) electrons. The number of rotatable bonds is 3. The number of carbonyl (C=O) groups excluding carboxylic acids is 1. The molecule has 2 aliphatic rings. The highest BCUT2D eigenvalue weighted by Crippen LogP contribution is 2.33. The zero-order valence-electron chi connectivity index (χ0n) is 16.9. The Bertz CT molecular complexity index is 1330. The van der Waals surface area contributed by atoms with Crippen molar-refractivity contribution in [1.29, 1.82) is 0 Å². The van der Waals surface area contributed by atoms with Gasteiger partial charge in [-0.3, -0.25) is 9.47 Å². The van der Waals surface area contributed by atoms with E-state index >= 15 is 0 Å². The topological polar surface area (TPSA) is 102 Å². The van der Waals surface area contributed by atoms with E-state index in [1.807, 2.05) is 24.3 Å². The van der Waals surface area contributed by atoms with Crippen molar-refractivity contribution in [3.63, 3.8) is 0 Å². The molecular formula is C21H21N3O6S. The fraction of sp³-hybridized carbons (Fsp3) is 0.333. The summed E-state index contributed by atoms with van der Waals surface area (Å²) in [4.78, 5) is 25.9. The molecule has 3 heterocycles. The number of ether oxygens (including phenoxy) is 1. The van der Waals surface area contributed by atoms with Gasteiger partial charge in [-0.2, -0.15) is 4.31 Å². The Kier molecular flexibility index (Phi) is 4.63. The summed E-state index contributed by atoms with van der Waals surface area (Å²) < 4.78 is 39.5. The number of benzene rings is 2. The number of fused-ring (bicyclic) bond motifs is 2. The van der Waals surface area contributed by atoms with Gasteiger partial charge in [0.25, 0.3) is 0 Å². The zero-order valence-corrected chi connectivity index (χ0v) is 17.7. The van der Waals surface area contributed by atoms with E-state index in [4.69, 9.17) is 9.15 Å². The number of cyclic esters (lactones) is 1. The number of para-hydroxylation sites is 1. The lowest BCUT2D eigenvalue weighted by atomic mass is 10.0. The van der Waals surface area contributed by atoms with Crippen molar-refractivity contribution in [2.75, 3.05) is 18.0 Å². The third-order valence-electron chi connectivity index (χ3n) is 5.99. The molecule has 9 nitrogen and oxygen atoms in total. The Morgan fingerprint density at radius 1 is 1.03 bits per heavy atom. The second-order valence-corrected chi connectivity index (χ2v) is 9.68. The molecular weight excluding hydrogens is 422 g/mol. The standard InChI is InChI=1S/C21H21N3O6S/c1-22-18-7-6-16(12-19(18)30-20(22)25)31(27,28)23-10-8-15(9-11-23)24-17-5-3-2-4-14(17)13-29-21(24)26/h2-7,12,15H,8-11,13H2,1H3. The molecule has 162 valence electrons. The van der Waals surface area contributed by atoms with Crippen LogP contribution in [0.15, 0.2) is 56.6 Å². The van der Waals surface area contributed by atoms with Crippen LogP contribution in [0.5, 0.6) is 0 Å². The Hall–Kier alpha value is -3.11. The van der Waals surface area contributed by atoms with Crippen molar-refractivity contribution in [3.8, 4) is 0 Å². The largest absolute Gasteiger partial charge is 0.444 e. The number of aryl methyl sites for hydroxylation is 1. The molecule has 10 heteroatoms. The first-order chi connectivity index (χ1) is 14.9. The Morgan fingerprint density at radius 2 is 1.77 bits per heavy atom. The van der Waals surface area contributed by atoms with Gasteiger partial charge in [0.15, 0.2) is 5.58 Å². The maximum atomic E-state index is 13.2. The van der Waals surface area contributed by atoms with Crippen LogP contribution in [0.4, 0.5) is 10.5 Å². The lowest BCUT2D eigenvalue weighted by Gasteiger charge is -2.39. The van der Waals surface area contributed by atoms with Crippen molar-refractivity contribution in [2.45, 2.75) is 30.4 Å². The van der Waals surface area contributed by atoms with Crippen molar-refractivity contribution in [1.82, 2.24) is 8.87 Å². The molecule has 0 bridgehead atoms. The minimum absolute atomic E-state index is 0.0792. The number of amides is 1. The van der Waals surface area contributed by atoms with Gasteiger partial charge in [0.2, 0.25) is 10.0 Å². The third-order valence-corrected chi connectivity index (χ3v) is 7.88. The molecule has 1 saturated heterocycles. The van der Waals surface area contributed by atoms with Crippen molar-refractivity contribution < 1.29 is 22.4 Å². The summed E-state index contributed by atoms with van der Waals surface area (Å²) in [5.41, 5.74) is 2.53. The van der Waals surface area contributed by atoms with Crippen LogP contribution in [0.3, 0.4) is 0 Å². The van der Waals surface area contributed by atoms with Crippen LogP contribution >= 0.6 is 0 Å². The fourth-order valence-corrected chi connectivity index (χ4v) is 5.77. The summed E-state index contributed by atoms with van der Waals surface area (Å²) in [6, 6.07) is 11.9. The number of oxazole rings is 1. The molecule has 1 aromatic heterocycles. The molecule has 0 unspecified atom stereocenters. The van der Waals surface area contributed by atoms with E-state index in [1.165, 1.54) is 21.0 Å². The first-order valence-electron chi connectivity index (χ1n) is 10.00. The highest BCUT2D eigenvalue weighted by molar-refractivity contribution is 7.89. The number of anilines is 1. The molecule has 1 fully saturated rings. The van der Waals surface area contributed by atoms with Gasteiger partial charge in [-0.15, -0.1) is 0 Å². The van der Waals surface area contributed by atoms with E-state index in [-0.39, 0.29) is 36.2 Å². The minimum Gasteiger partial charge on any atom is -0.444 e. The first kappa shape index (κ1) is 19.8. The van der Waals surface area contributed by atoms with Crippen LogP contribution in [0.1, 0.15) is 18.4 Å². The fourth-order valence-electron chi connectivity index (χ4n) is 4.29. The molecule has 0 spiro atoms. The summed E-state index contributed by atoms with van der Waals surface area (Å²) in [7, 11) is -2.19. The molecule has 31 heavy (non-hydrogen) atoms. The summed E-state index contributed by atoms with van der Waals surface area (Å²) in [5.74, 6) is -0.543. The van der Waals surface area contributed by atoms with Crippen LogP contribution in [-0.4, -0.2) is 42.5 Å². The van der Waals surface area contributed by atoms with Crippen LogP contribution in [-0.2, 0) is 28.4 Å². The average molecular weight is 443 g/mol. The van der Waals surface area contributed by atoms with E-state index in [2.05, 4.69) is 0 Å². The average Bonchev–Trinajstić information content (AvgIpc) is 3.07. The van der Waals surface area contributed by atoms with Crippen LogP contribution in [0, 0.1) is 0 Å². The van der Waals surface area contributed by atoms with Crippen molar-refractivity contribution >= 4 is 32.9 Å². The summed E-state index contributed by atoms with van der Waals surface area (Å²) in [6.07, 6.45) is 0.584. The van der Waals surface area contributed by atoms with E-state index in [0.717, 1.165) is 11.3 Å². The smallest absolute Gasteiger partial charge is 0.419 e.